The Labute approximate surface area is 148 Å². The Bertz CT molecular complexity index is 1010. The monoisotopic (exact) mass is 353 g/mol. The molecule has 9 heteroatoms. The molecule has 1 amide bonds. The number of primary amides is 1. The van der Waals surface area contributed by atoms with E-state index in [9.17, 15) is 9.59 Å². The lowest BCUT2D eigenvalue weighted by molar-refractivity contribution is 0.0999. The largest absolute Gasteiger partial charge is 0.365 e. The van der Waals surface area contributed by atoms with Crippen LogP contribution in [0.5, 0.6) is 0 Å². The second-order valence-electron chi connectivity index (χ2n) is 5.90. The summed E-state index contributed by atoms with van der Waals surface area (Å²) in [5.74, 6) is -0.610. The Morgan fingerprint density at radius 2 is 2.15 bits per heavy atom. The fourth-order valence-electron chi connectivity index (χ4n) is 2.42. The maximum Gasteiger partial charge on any atom is 0.267 e. The normalized spacial score (nSPS) is 11.9. The van der Waals surface area contributed by atoms with E-state index >= 15 is 0 Å². The second-order valence-corrected chi connectivity index (χ2v) is 5.90. The number of pyridine rings is 1. The molecule has 26 heavy (non-hydrogen) atoms. The van der Waals surface area contributed by atoms with Gasteiger partial charge in [-0.25, -0.2) is 0 Å². The molecule has 3 aromatic rings. The van der Waals surface area contributed by atoms with Crippen LogP contribution in [0, 0.1) is 0 Å². The molecular formula is C17H19N7O2. The number of nitrogens with one attached hydrogen (secondary N) is 3. The summed E-state index contributed by atoms with van der Waals surface area (Å²) < 4.78 is 0. The van der Waals surface area contributed by atoms with Crippen molar-refractivity contribution in [1.29, 1.82) is 0 Å². The molecule has 1 aromatic carbocycles. The molecule has 0 aliphatic carbocycles. The van der Waals surface area contributed by atoms with Gasteiger partial charge in [0, 0.05) is 29.9 Å². The number of rotatable bonds is 6. The molecule has 0 aliphatic rings. The zero-order valence-corrected chi connectivity index (χ0v) is 14.1. The van der Waals surface area contributed by atoms with Crippen molar-refractivity contribution in [3.8, 4) is 0 Å². The van der Waals surface area contributed by atoms with Gasteiger partial charge >= 0.3 is 0 Å². The summed E-state index contributed by atoms with van der Waals surface area (Å²) in [7, 11) is 0. The minimum absolute atomic E-state index is 0.0664. The minimum atomic E-state index is -0.873. The quantitative estimate of drug-likeness (QED) is 0.442. The molecule has 2 heterocycles. The third-order valence-electron chi connectivity index (χ3n) is 3.62. The Balaban J connectivity index is 2.00. The van der Waals surface area contributed by atoms with Crippen molar-refractivity contribution in [2.45, 2.75) is 13.0 Å². The summed E-state index contributed by atoms with van der Waals surface area (Å²) in [5.41, 5.74) is 11.6. The lowest BCUT2D eigenvalue weighted by Crippen LogP contribution is -2.30. The number of amides is 1. The number of carbonyl (C=O) groups excluding carboxylic acids is 1. The fourth-order valence-corrected chi connectivity index (χ4v) is 2.42. The number of hydrogen-bond acceptors (Lipinski definition) is 7. The Hall–Kier alpha value is -3.46. The van der Waals surface area contributed by atoms with Crippen molar-refractivity contribution in [2.75, 3.05) is 17.2 Å². The first-order chi connectivity index (χ1) is 12.4. The van der Waals surface area contributed by atoms with E-state index in [1.54, 1.807) is 12.3 Å². The zero-order chi connectivity index (χ0) is 18.7. The van der Waals surface area contributed by atoms with Gasteiger partial charge < -0.3 is 22.1 Å². The lowest BCUT2D eigenvalue weighted by atomic mass is 10.2. The average molecular weight is 353 g/mol. The van der Waals surface area contributed by atoms with Gasteiger partial charge in [0.25, 0.3) is 11.5 Å². The first-order valence-electron chi connectivity index (χ1n) is 7.99. The zero-order valence-electron chi connectivity index (χ0n) is 14.1. The summed E-state index contributed by atoms with van der Waals surface area (Å²) in [5, 5.41) is 6.80. The van der Waals surface area contributed by atoms with E-state index in [2.05, 4.69) is 25.6 Å². The first-order valence-corrected chi connectivity index (χ1v) is 7.99. The van der Waals surface area contributed by atoms with Crippen molar-refractivity contribution in [3.05, 3.63) is 52.4 Å². The van der Waals surface area contributed by atoms with Gasteiger partial charge in [-0.2, -0.15) is 4.98 Å². The van der Waals surface area contributed by atoms with Crippen molar-refractivity contribution in [2.24, 2.45) is 11.5 Å². The molecule has 0 saturated carbocycles. The first kappa shape index (κ1) is 17.4. The standard InChI is InChI=1S/C17H19N7O2/c1-9(18)8-21-17-23-15(13(14(19)25)16(26)24-17)22-11-4-5-12-10(7-11)3-2-6-20-12/h2-7,9H,8,18H2,1H3,(H2,19,25)(H3,21,22,23,24,26). The van der Waals surface area contributed by atoms with Crippen LogP contribution in [0.4, 0.5) is 17.5 Å². The van der Waals surface area contributed by atoms with Gasteiger partial charge in [0.1, 0.15) is 5.56 Å². The van der Waals surface area contributed by atoms with E-state index in [4.69, 9.17) is 11.5 Å². The average Bonchev–Trinajstić information content (AvgIpc) is 2.59. The molecule has 134 valence electrons. The molecule has 0 bridgehead atoms. The van der Waals surface area contributed by atoms with Gasteiger partial charge in [0.15, 0.2) is 5.82 Å². The van der Waals surface area contributed by atoms with Crippen LogP contribution >= 0.6 is 0 Å². The summed E-state index contributed by atoms with van der Waals surface area (Å²) in [6, 6.07) is 9.03. The van der Waals surface area contributed by atoms with E-state index in [-0.39, 0.29) is 23.4 Å². The Morgan fingerprint density at radius 1 is 1.35 bits per heavy atom. The van der Waals surface area contributed by atoms with Crippen LogP contribution < -0.4 is 27.7 Å². The number of nitrogens with two attached hydrogens (primary N) is 2. The molecule has 1 atom stereocenters. The maximum atomic E-state index is 12.2. The van der Waals surface area contributed by atoms with Gasteiger partial charge in [-0.3, -0.25) is 19.6 Å². The summed E-state index contributed by atoms with van der Waals surface area (Å²) in [4.78, 5) is 34.9. The van der Waals surface area contributed by atoms with Crippen LogP contribution in [-0.4, -0.2) is 33.4 Å². The predicted octanol–water partition coefficient (Wildman–Crippen LogP) is 0.920. The summed E-state index contributed by atoms with van der Waals surface area (Å²) in [6.07, 6.45) is 1.70. The van der Waals surface area contributed by atoms with Crippen molar-refractivity contribution in [3.63, 3.8) is 0 Å². The Kier molecular flexibility index (Phi) is 4.81. The lowest BCUT2D eigenvalue weighted by Gasteiger charge is -2.13. The number of fused-ring (bicyclic) bond motifs is 1. The van der Waals surface area contributed by atoms with E-state index in [1.165, 1.54) is 0 Å². The predicted molar refractivity (Wildman–Crippen MR) is 101 cm³/mol. The number of hydrogen-bond donors (Lipinski definition) is 5. The molecule has 0 aliphatic heterocycles. The highest BCUT2D eigenvalue weighted by Gasteiger charge is 2.17. The van der Waals surface area contributed by atoms with Gasteiger partial charge in [-0.1, -0.05) is 6.07 Å². The number of nitrogens with zero attached hydrogens (tertiary/aromatic N) is 2. The fraction of sp³-hybridized carbons (Fsp3) is 0.176. The third-order valence-corrected chi connectivity index (χ3v) is 3.62. The van der Waals surface area contributed by atoms with Crippen LogP contribution in [0.1, 0.15) is 17.3 Å². The van der Waals surface area contributed by atoms with Gasteiger partial charge in [-0.15, -0.1) is 0 Å². The van der Waals surface area contributed by atoms with Crippen LogP contribution in [0.15, 0.2) is 41.3 Å². The Morgan fingerprint density at radius 3 is 2.88 bits per heavy atom. The highest BCUT2D eigenvalue weighted by atomic mass is 16.2. The molecule has 9 nitrogen and oxygen atoms in total. The molecular weight excluding hydrogens is 334 g/mol. The third kappa shape index (κ3) is 3.78. The molecule has 3 rings (SSSR count). The molecule has 0 saturated heterocycles. The van der Waals surface area contributed by atoms with Crippen molar-refractivity contribution in [1.82, 2.24) is 15.0 Å². The minimum Gasteiger partial charge on any atom is -0.365 e. The van der Waals surface area contributed by atoms with Crippen LogP contribution in [0.2, 0.25) is 0 Å². The molecule has 7 N–H and O–H groups in total. The van der Waals surface area contributed by atoms with Crippen LogP contribution in [0.25, 0.3) is 10.9 Å². The van der Waals surface area contributed by atoms with E-state index < -0.39 is 11.5 Å². The number of aromatic amines is 1. The maximum absolute atomic E-state index is 12.2. The van der Waals surface area contributed by atoms with Crippen LogP contribution in [-0.2, 0) is 0 Å². The van der Waals surface area contributed by atoms with Crippen molar-refractivity contribution < 1.29 is 4.79 Å². The second kappa shape index (κ2) is 7.19. The molecule has 1 unspecified atom stereocenters. The van der Waals surface area contributed by atoms with Crippen molar-refractivity contribution >= 4 is 34.3 Å². The number of H-pyrrole nitrogens is 1. The number of anilines is 3. The molecule has 0 radical (unpaired) electrons. The highest BCUT2D eigenvalue weighted by molar-refractivity contribution is 5.98. The van der Waals surface area contributed by atoms with Gasteiger partial charge in [-0.05, 0) is 31.2 Å². The molecule has 2 aromatic heterocycles. The van der Waals surface area contributed by atoms with E-state index in [0.717, 1.165) is 10.9 Å². The SMILES string of the molecule is CC(N)CNc1nc(Nc2ccc3ncccc3c2)c(C(N)=O)c(=O)[nH]1. The highest BCUT2D eigenvalue weighted by Crippen LogP contribution is 2.21. The number of aromatic nitrogens is 3. The van der Waals surface area contributed by atoms with Gasteiger partial charge in [0.05, 0.1) is 5.52 Å². The van der Waals surface area contributed by atoms with E-state index in [1.807, 2.05) is 31.2 Å². The smallest absolute Gasteiger partial charge is 0.267 e. The summed E-state index contributed by atoms with van der Waals surface area (Å²) in [6.45, 7) is 2.21. The topological polar surface area (TPSA) is 152 Å². The van der Waals surface area contributed by atoms with E-state index in [0.29, 0.717) is 12.2 Å². The summed E-state index contributed by atoms with van der Waals surface area (Å²) >= 11 is 0. The molecule has 0 fully saturated rings. The van der Waals surface area contributed by atoms with Crippen LogP contribution in [0.3, 0.4) is 0 Å². The molecule has 0 spiro atoms. The number of benzene rings is 1. The van der Waals surface area contributed by atoms with Gasteiger partial charge in [0.2, 0.25) is 5.95 Å². The number of carbonyl (C=O) groups is 1.